The van der Waals surface area contributed by atoms with Crippen molar-refractivity contribution in [2.75, 3.05) is 13.7 Å². The van der Waals surface area contributed by atoms with Gasteiger partial charge in [0.15, 0.2) is 22.5 Å². The molecule has 13 heteroatoms. The van der Waals surface area contributed by atoms with Crippen molar-refractivity contribution in [2.45, 2.75) is 51.1 Å². The van der Waals surface area contributed by atoms with Gasteiger partial charge in [-0.15, -0.1) is 11.3 Å². The summed E-state index contributed by atoms with van der Waals surface area (Å²) in [6, 6.07) is 1.41. The smallest absolute Gasteiger partial charge is 0.338 e. The Morgan fingerprint density at radius 2 is 2.07 bits per heavy atom. The van der Waals surface area contributed by atoms with Crippen molar-refractivity contribution in [3.8, 4) is 0 Å². The molecule has 9 nitrogen and oxygen atoms in total. The van der Waals surface area contributed by atoms with E-state index >= 15 is 0 Å². The molecule has 0 saturated heterocycles. The molecule has 2 aromatic heterocycles. The number of halogens is 3. The Balaban J connectivity index is 1.38. The van der Waals surface area contributed by atoms with Gasteiger partial charge in [0.1, 0.15) is 6.04 Å². The molecule has 2 unspecified atom stereocenters. The molecule has 2 atom stereocenters. The number of fused-ring (bicyclic) bond motifs is 1. The van der Waals surface area contributed by atoms with Crippen LogP contribution in [0.2, 0.25) is 5.02 Å². The van der Waals surface area contributed by atoms with E-state index in [1.165, 1.54) is 24.5 Å². The third-order valence-electron chi connectivity index (χ3n) is 8.09. The van der Waals surface area contributed by atoms with E-state index in [4.69, 9.17) is 31.2 Å². The molecule has 0 radical (unpaired) electrons. The highest BCUT2D eigenvalue weighted by molar-refractivity contribution is 7.11. The summed E-state index contributed by atoms with van der Waals surface area (Å²) < 4.78 is 40.9. The first-order valence-electron chi connectivity index (χ1n) is 13.7. The molecule has 1 N–H and O–H groups in total. The van der Waals surface area contributed by atoms with Gasteiger partial charge in [-0.2, -0.15) is 5.10 Å². The van der Waals surface area contributed by atoms with Gasteiger partial charge in [0.2, 0.25) is 0 Å². The number of hydrogen-bond donors (Lipinski definition) is 1. The lowest BCUT2D eigenvalue weighted by atomic mass is 9.80. The zero-order valence-electron chi connectivity index (χ0n) is 22.9. The van der Waals surface area contributed by atoms with E-state index in [1.807, 2.05) is 10.9 Å². The molecule has 1 aliphatic heterocycles. The van der Waals surface area contributed by atoms with Crippen molar-refractivity contribution in [2.24, 2.45) is 16.8 Å². The second kappa shape index (κ2) is 11.6. The lowest BCUT2D eigenvalue weighted by molar-refractivity contribution is -0.150. The van der Waals surface area contributed by atoms with E-state index in [1.54, 1.807) is 18.5 Å². The highest BCUT2D eigenvalue weighted by Gasteiger charge is 2.40. The van der Waals surface area contributed by atoms with Gasteiger partial charge >= 0.3 is 11.9 Å². The summed E-state index contributed by atoms with van der Waals surface area (Å²) in [6.45, 7) is 1.82. The normalized spacial score (nSPS) is 23.4. The Hall–Kier alpha value is -3.64. The molecule has 2 aliphatic carbocycles. The molecule has 1 fully saturated rings. The lowest BCUT2D eigenvalue weighted by Gasteiger charge is -2.33. The SMILES string of the molecule is CCOC(=O)C1=C(C2CCc3nn([C@H]4C[C@H](C(=O)OC)C4)cc3C2)NC(c2nccs2)=NC1c1ccc(F)c(F)c1Cl. The van der Waals surface area contributed by atoms with Crippen molar-refractivity contribution in [1.82, 2.24) is 20.1 Å². The molecule has 0 spiro atoms. The number of nitrogens with zero attached hydrogens (tertiary/aromatic N) is 4. The predicted octanol–water partition coefficient (Wildman–Crippen LogP) is 5.11. The zero-order chi connectivity index (χ0) is 29.5. The Labute approximate surface area is 249 Å². The largest absolute Gasteiger partial charge is 0.469 e. The summed E-state index contributed by atoms with van der Waals surface area (Å²) in [5, 5.41) is 10.1. The lowest BCUT2D eigenvalue weighted by Crippen LogP contribution is -2.38. The van der Waals surface area contributed by atoms with Gasteiger partial charge in [-0.05, 0) is 50.7 Å². The maximum Gasteiger partial charge on any atom is 0.338 e. The minimum absolute atomic E-state index is 0.110. The van der Waals surface area contributed by atoms with E-state index in [9.17, 15) is 18.4 Å². The number of esters is 2. The maximum atomic E-state index is 14.7. The van der Waals surface area contributed by atoms with Crippen molar-refractivity contribution in [1.29, 1.82) is 0 Å². The van der Waals surface area contributed by atoms with Crippen LogP contribution in [0.3, 0.4) is 0 Å². The minimum atomic E-state index is -1.20. The number of ether oxygens (including phenoxy) is 2. The first kappa shape index (κ1) is 28.5. The van der Waals surface area contributed by atoms with Crippen LogP contribution >= 0.6 is 22.9 Å². The van der Waals surface area contributed by atoms with Crippen LogP contribution in [-0.2, 0) is 31.9 Å². The van der Waals surface area contributed by atoms with Crippen molar-refractivity contribution >= 4 is 40.7 Å². The van der Waals surface area contributed by atoms with Crippen molar-refractivity contribution < 1.29 is 27.8 Å². The third kappa shape index (κ3) is 5.11. The number of carbonyl (C=O) groups is 2. The molecule has 0 amide bonds. The first-order valence-corrected chi connectivity index (χ1v) is 15.0. The van der Waals surface area contributed by atoms with E-state index < -0.39 is 28.7 Å². The fourth-order valence-electron chi connectivity index (χ4n) is 5.87. The summed E-state index contributed by atoms with van der Waals surface area (Å²) in [4.78, 5) is 34.5. The van der Waals surface area contributed by atoms with Crippen LogP contribution in [-0.4, -0.2) is 46.3 Å². The van der Waals surface area contributed by atoms with Crippen LogP contribution in [0.5, 0.6) is 0 Å². The Kier molecular flexibility index (Phi) is 7.84. The molecular weight excluding hydrogens is 588 g/mol. The van der Waals surface area contributed by atoms with Gasteiger partial charge in [-0.25, -0.2) is 18.6 Å². The van der Waals surface area contributed by atoms with E-state index in [0.29, 0.717) is 48.6 Å². The van der Waals surface area contributed by atoms with E-state index in [0.717, 1.165) is 17.3 Å². The molecule has 42 heavy (non-hydrogen) atoms. The molecule has 3 aromatic rings. The van der Waals surface area contributed by atoms with Gasteiger partial charge in [-0.1, -0.05) is 17.7 Å². The van der Waals surface area contributed by atoms with Crippen LogP contribution in [0.4, 0.5) is 8.78 Å². The molecule has 3 heterocycles. The van der Waals surface area contributed by atoms with Crippen molar-refractivity contribution in [3.05, 3.63) is 79.7 Å². The van der Waals surface area contributed by atoms with Gasteiger partial charge in [-0.3, -0.25) is 14.5 Å². The van der Waals surface area contributed by atoms with Gasteiger partial charge in [0.25, 0.3) is 0 Å². The number of carbonyl (C=O) groups excluding carboxylic acids is 2. The van der Waals surface area contributed by atoms with E-state index in [-0.39, 0.29) is 41.6 Å². The van der Waals surface area contributed by atoms with Crippen LogP contribution in [0.15, 0.2) is 46.2 Å². The zero-order valence-corrected chi connectivity index (χ0v) is 24.5. The number of rotatable bonds is 7. The Morgan fingerprint density at radius 1 is 1.26 bits per heavy atom. The van der Waals surface area contributed by atoms with E-state index in [2.05, 4.69) is 10.3 Å². The first-order chi connectivity index (χ1) is 20.3. The molecule has 0 bridgehead atoms. The van der Waals surface area contributed by atoms with Gasteiger partial charge in [0, 0.05) is 35.0 Å². The maximum absolute atomic E-state index is 14.7. The predicted molar refractivity (Wildman–Crippen MR) is 151 cm³/mol. The highest BCUT2D eigenvalue weighted by atomic mass is 35.5. The number of aromatic nitrogens is 3. The fraction of sp³-hybridized carbons (Fsp3) is 0.414. The number of hydrogen-bond acceptors (Lipinski definition) is 9. The number of thiazole rings is 1. The minimum Gasteiger partial charge on any atom is -0.469 e. The molecular formula is C29H28ClF2N5O4S. The number of amidine groups is 1. The van der Waals surface area contributed by atoms with Crippen LogP contribution in [0, 0.1) is 23.5 Å². The third-order valence-corrected chi connectivity index (χ3v) is 9.25. The highest BCUT2D eigenvalue weighted by Crippen LogP contribution is 2.43. The molecule has 1 aromatic carbocycles. The molecule has 3 aliphatic rings. The van der Waals surface area contributed by atoms with Crippen LogP contribution < -0.4 is 5.32 Å². The number of nitrogens with one attached hydrogen (secondary N) is 1. The summed E-state index contributed by atoms with van der Waals surface area (Å²) in [6.07, 6.45) is 6.95. The number of aliphatic imine (C=N–C) groups is 1. The van der Waals surface area contributed by atoms with Gasteiger partial charge in [0.05, 0.1) is 42.0 Å². The number of benzene rings is 1. The fourth-order valence-corrected chi connectivity index (χ4v) is 6.71. The molecule has 6 rings (SSSR count). The number of methoxy groups -OCH3 is 1. The van der Waals surface area contributed by atoms with Crippen molar-refractivity contribution in [3.63, 3.8) is 0 Å². The summed E-state index contributed by atoms with van der Waals surface area (Å²) in [5.74, 6) is -2.97. The van der Waals surface area contributed by atoms with Gasteiger partial charge < -0.3 is 14.8 Å². The summed E-state index contributed by atoms with van der Waals surface area (Å²) in [7, 11) is 1.40. The second-order valence-electron chi connectivity index (χ2n) is 10.5. The monoisotopic (exact) mass is 615 g/mol. The standard InChI is InChI=1S/C29H28ClF2N5O4S/c1-3-41-29(39)21-24(14-4-7-20-16(10-14)13-37(36-20)17-11-15(12-17)28(38)40-2)34-26(27-33-8-9-42-27)35-25(21)18-5-6-19(31)23(32)22(18)30/h5-6,8-9,13-15,17,25H,3-4,7,10-12H2,1-2H3,(H,34,35)/t14?,15-,17-,25?. The average Bonchev–Trinajstić information content (AvgIpc) is 3.65. The average molecular weight is 616 g/mol. The molecule has 220 valence electrons. The quantitative estimate of drug-likeness (QED) is 0.291. The Bertz CT molecular complexity index is 1600. The van der Waals surface area contributed by atoms with Crippen LogP contribution in [0.25, 0.3) is 0 Å². The summed E-state index contributed by atoms with van der Waals surface area (Å²) >= 11 is 7.67. The number of allylic oxidation sites excluding steroid dienone is 1. The molecule has 1 saturated carbocycles. The number of aryl methyl sites for hydroxylation is 1. The second-order valence-corrected chi connectivity index (χ2v) is 11.8. The summed E-state index contributed by atoms with van der Waals surface area (Å²) in [5.41, 5.74) is 2.97. The van der Waals surface area contributed by atoms with Crippen LogP contribution in [0.1, 0.15) is 60.1 Å². The topological polar surface area (TPSA) is 108 Å². The Morgan fingerprint density at radius 3 is 2.79 bits per heavy atom.